The maximum Gasteiger partial charge on any atom is 0.227 e. The quantitative estimate of drug-likeness (QED) is 0.833. The largest absolute Gasteiger partial charge is 0.343 e. The summed E-state index contributed by atoms with van der Waals surface area (Å²) >= 11 is 1.79. The lowest BCUT2D eigenvalue weighted by atomic mass is 9.78. The SMILES string of the molecule is Cl.O=C(CCC(=O)N1CCSc2ccccc21)N1CCC2(CCNC2)CC1. The Morgan fingerprint density at radius 2 is 1.78 bits per heavy atom. The van der Waals surface area contributed by atoms with Crippen molar-refractivity contribution in [3.63, 3.8) is 0 Å². The minimum absolute atomic E-state index is 0. The Hall–Kier alpha value is -1.24. The predicted molar refractivity (Wildman–Crippen MR) is 112 cm³/mol. The van der Waals surface area contributed by atoms with Crippen LogP contribution in [0.3, 0.4) is 0 Å². The molecule has 4 rings (SSSR count). The minimum Gasteiger partial charge on any atom is -0.343 e. The first kappa shape index (κ1) is 20.5. The van der Waals surface area contributed by atoms with Crippen LogP contribution in [0.4, 0.5) is 5.69 Å². The van der Waals surface area contributed by atoms with Crippen LogP contribution in [0.15, 0.2) is 29.2 Å². The van der Waals surface area contributed by atoms with Crippen molar-refractivity contribution in [3.8, 4) is 0 Å². The molecule has 1 spiro atoms. The number of para-hydroxylation sites is 1. The zero-order valence-electron chi connectivity index (χ0n) is 15.6. The van der Waals surface area contributed by atoms with Crippen molar-refractivity contribution >= 4 is 41.7 Å². The molecule has 0 atom stereocenters. The summed E-state index contributed by atoms with van der Waals surface area (Å²) in [4.78, 5) is 30.2. The number of amides is 2. The summed E-state index contributed by atoms with van der Waals surface area (Å²) in [5, 5.41) is 3.46. The lowest BCUT2D eigenvalue weighted by Crippen LogP contribution is -2.44. The number of benzene rings is 1. The molecule has 0 aliphatic carbocycles. The van der Waals surface area contributed by atoms with Crippen molar-refractivity contribution in [1.29, 1.82) is 0 Å². The van der Waals surface area contributed by atoms with Crippen LogP contribution in [0.25, 0.3) is 0 Å². The number of hydrogen-bond acceptors (Lipinski definition) is 4. The van der Waals surface area contributed by atoms with E-state index in [1.165, 1.54) is 6.42 Å². The first-order valence-corrected chi connectivity index (χ1v) is 10.7. The molecule has 3 heterocycles. The number of rotatable bonds is 3. The molecule has 0 aromatic heterocycles. The molecule has 1 N–H and O–H groups in total. The first-order valence-electron chi connectivity index (χ1n) is 9.68. The van der Waals surface area contributed by atoms with Crippen molar-refractivity contribution in [2.24, 2.45) is 5.41 Å². The number of fused-ring (bicyclic) bond motifs is 1. The van der Waals surface area contributed by atoms with Gasteiger partial charge in [-0.1, -0.05) is 12.1 Å². The third kappa shape index (κ3) is 4.44. The highest BCUT2D eigenvalue weighted by Crippen LogP contribution is 2.37. The van der Waals surface area contributed by atoms with Crippen LogP contribution in [0.2, 0.25) is 0 Å². The van der Waals surface area contributed by atoms with Crippen LogP contribution in [0, 0.1) is 5.41 Å². The molecule has 1 aromatic rings. The molecule has 0 bridgehead atoms. The van der Waals surface area contributed by atoms with Gasteiger partial charge >= 0.3 is 0 Å². The molecule has 0 saturated carbocycles. The number of anilines is 1. The fourth-order valence-electron chi connectivity index (χ4n) is 4.39. The van der Waals surface area contributed by atoms with Gasteiger partial charge in [-0.25, -0.2) is 0 Å². The van der Waals surface area contributed by atoms with E-state index in [0.717, 1.165) is 61.9 Å². The van der Waals surface area contributed by atoms with Gasteiger partial charge in [-0.3, -0.25) is 9.59 Å². The van der Waals surface area contributed by atoms with Crippen LogP contribution in [-0.2, 0) is 9.59 Å². The van der Waals surface area contributed by atoms with E-state index in [2.05, 4.69) is 11.4 Å². The first-order chi connectivity index (χ1) is 12.7. The average molecular weight is 410 g/mol. The normalized spacial score (nSPS) is 20.9. The van der Waals surface area contributed by atoms with Gasteiger partial charge in [-0.05, 0) is 43.4 Å². The second kappa shape index (κ2) is 8.84. The predicted octanol–water partition coefficient (Wildman–Crippen LogP) is 2.93. The van der Waals surface area contributed by atoms with Crippen LogP contribution < -0.4 is 10.2 Å². The summed E-state index contributed by atoms with van der Waals surface area (Å²) in [5.74, 6) is 1.12. The Kier molecular flexibility index (Phi) is 6.71. The number of hydrogen-bond donors (Lipinski definition) is 1. The fourth-order valence-corrected chi connectivity index (χ4v) is 5.38. The van der Waals surface area contributed by atoms with Crippen LogP contribution >= 0.6 is 24.2 Å². The number of nitrogens with zero attached hydrogens (tertiary/aromatic N) is 2. The number of nitrogens with one attached hydrogen (secondary N) is 1. The number of carbonyl (C=O) groups excluding carboxylic acids is 2. The van der Waals surface area contributed by atoms with E-state index in [1.807, 2.05) is 28.0 Å². The fraction of sp³-hybridized carbons (Fsp3) is 0.600. The molecular weight excluding hydrogens is 382 g/mol. The Bertz CT molecular complexity index is 684. The number of carbonyl (C=O) groups is 2. The van der Waals surface area contributed by atoms with Crippen LogP contribution in [0.1, 0.15) is 32.1 Å². The number of likely N-dealkylation sites (tertiary alicyclic amines) is 1. The van der Waals surface area contributed by atoms with E-state index in [1.54, 1.807) is 11.8 Å². The van der Waals surface area contributed by atoms with Gasteiger partial charge in [0.05, 0.1) is 5.69 Å². The molecule has 27 heavy (non-hydrogen) atoms. The van der Waals surface area contributed by atoms with Crippen molar-refractivity contribution in [2.45, 2.75) is 37.0 Å². The van der Waals surface area contributed by atoms with Crippen LogP contribution in [-0.4, -0.2) is 55.2 Å². The van der Waals surface area contributed by atoms with Crippen molar-refractivity contribution in [1.82, 2.24) is 10.2 Å². The average Bonchev–Trinajstić information content (AvgIpc) is 3.14. The maximum atomic E-state index is 12.7. The van der Waals surface area contributed by atoms with Gasteiger partial charge in [0.1, 0.15) is 0 Å². The Morgan fingerprint density at radius 1 is 1.04 bits per heavy atom. The lowest BCUT2D eigenvalue weighted by molar-refractivity contribution is -0.135. The summed E-state index contributed by atoms with van der Waals surface area (Å²) in [6.45, 7) is 4.63. The Labute approximate surface area is 171 Å². The number of piperidine rings is 1. The molecule has 148 valence electrons. The van der Waals surface area contributed by atoms with E-state index < -0.39 is 0 Å². The summed E-state index contributed by atoms with van der Waals surface area (Å²) in [6.07, 6.45) is 4.06. The second-order valence-corrected chi connectivity index (χ2v) is 8.81. The Morgan fingerprint density at radius 3 is 2.52 bits per heavy atom. The maximum absolute atomic E-state index is 12.7. The van der Waals surface area contributed by atoms with Crippen molar-refractivity contribution in [2.75, 3.05) is 43.4 Å². The molecular formula is C20H28ClN3O2S. The second-order valence-electron chi connectivity index (χ2n) is 7.67. The van der Waals surface area contributed by atoms with Gasteiger partial charge in [0.25, 0.3) is 0 Å². The standard InChI is InChI=1S/C20H27N3O2S.ClH/c24-18(22-11-8-20(9-12-22)7-10-21-15-20)5-6-19(25)23-13-14-26-17-4-2-1-3-16(17)23;/h1-4,21H,5-15H2;1H. The highest BCUT2D eigenvalue weighted by molar-refractivity contribution is 7.99. The molecule has 0 unspecified atom stereocenters. The summed E-state index contributed by atoms with van der Waals surface area (Å²) in [7, 11) is 0. The van der Waals surface area contributed by atoms with E-state index in [4.69, 9.17) is 0 Å². The van der Waals surface area contributed by atoms with Gasteiger partial charge in [0.2, 0.25) is 11.8 Å². The van der Waals surface area contributed by atoms with Gasteiger partial charge in [0, 0.05) is 49.7 Å². The Balaban J connectivity index is 0.00000210. The molecule has 0 radical (unpaired) electrons. The zero-order chi connectivity index (χ0) is 18.0. The monoisotopic (exact) mass is 409 g/mol. The highest BCUT2D eigenvalue weighted by Gasteiger charge is 2.38. The minimum atomic E-state index is 0. The van der Waals surface area contributed by atoms with Crippen LogP contribution in [0.5, 0.6) is 0 Å². The van der Waals surface area contributed by atoms with Crippen molar-refractivity contribution in [3.05, 3.63) is 24.3 Å². The van der Waals surface area contributed by atoms with E-state index in [-0.39, 0.29) is 24.2 Å². The molecule has 5 nitrogen and oxygen atoms in total. The third-order valence-corrected chi connectivity index (χ3v) is 7.13. The molecule has 1 aromatic carbocycles. The molecule has 7 heteroatoms. The van der Waals surface area contributed by atoms with Crippen molar-refractivity contribution < 1.29 is 9.59 Å². The smallest absolute Gasteiger partial charge is 0.227 e. The van der Waals surface area contributed by atoms with Gasteiger partial charge in [-0.15, -0.1) is 24.2 Å². The van der Waals surface area contributed by atoms with Gasteiger partial charge in [-0.2, -0.15) is 0 Å². The van der Waals surface area contributed by atoms with Gasteiger partial charge < -0.3 is 15.1 Å². The lowest BCUT2D eigenvalue weighted by Gasteiger charge is -2.39. The zero-order valence-corrected chi connectivity index (χ0v) is 17.2. The molecule has 2 amide bonds. The third-order valence-electron chi connectivity index (χ3n) is 6.09. The molecule has 2 fully saturated rings. The van der Waals surface area contributed by atoms with Gasteiger partial charge in [0.15, 0.2) is 0 Å². The number of halogens is 1. The number of thioether (sulfide) groups is 1. The highest BCUT2D eigenvalue weighted by atomic mass is 35.5. The summed E-state index contributed by atoms with van der Waals surface area (Å²) < 4.78 is 0. The molecule has 3 aliphatic rings. The van der Waals surface area contributed by atoms with E-state index >= 15 is 0 Å². The summed E-state index contributed by atoms with van der Waals surface area (Å²) in [6, 6.07) is 8.04. The van der Waals surface area contributed by atoms with E-state index in [9.17, 15) is 9.59 Å². The topological polar surface area (TPSA) is 52.7 Å². The van der Waals surface area contributed by atoms with E-state index in [0.29, 0.717) is 18.3 Å². The summed E-state index contributed by atoms with van der Waals surface area (Å²) in [5.41, 5.74) is 1.41. The molecule has 2 saturated heterocycles. The molecule has 3 aliphatic heterocycles.